The lowest BCUT2D eigenvalue weighted by atomic mass is 10.0. The highest BCUT2D eigenvalue weighted by Crippen LogP contribution is 2.26. The molecule has 0 bridgehead atoms. The van der Waals surface area contributed by atoms with Gasteiger partial charge in [0, 0.05) is 38.8 Å². The van der Waals surface area contributed by atoms with E-state index in [1.165, 1.54) is 38.8 Å². The molecule has 1 saturated carbocycles. The van der Waals surface area contributed by atoms with Crippen molar-refractivity contribution in [2.45, 2.75) is 96.9 Å². The molecular formula is C22H44IN5O2. The lowest BCUT2D eigenvalue weighted by Crippen LogP contribution is -2.53. The predicted octanol–water partition coefficient (Wildman–Crippen LogP) is 3.73. The second-order valence-electron chi connectivity index (χ2n) is 9.84. The highest BCUT2D eigenvalue weighted by Gasteiger charge is 2.27. The van der Waals surface area contributed by atoms with E-state index in [0.29, 0.717) is 12.6 Å². The van der Waals surface area contributed by atoms with Crippen molar-refractivity contribution in [3.8, 4) is 0 Å². The van der Waals surface area contributed by atoms with Crippen LogP contribution in [0, 0.1) is 5.92 Å². The Bertz CT molecular complexity index is 536. The zero-order valence-corrected chi connectivity index (χ0v) is 22.1. The van der Waals surface area contributed by atoms with Crippen molar-refractivity contribution in [3.05, 3.63) is 0 Å². The number of carbonyl (C=O) groups is 1. The second-order valence-corrected chi connectivity index (χ2v) is 9.84. The zero-order chi connectivity index (χ0) is 21.4. The van der Waals surface area contributed by atoms with Crippen LogP contribution in [0.1, 0.15) is 73.1 Å². The summed E-state index contributed by atoms with van der Waals surface area (Å²) >= 11 is 0. The van der Waals surface area contributed by atoms with Crippen molar-refractivity contribution in [3.63, 3.8) is 0 Å². The van der Waals surface area contributed by atoms with Gasteiger partial charge in [-0.05, 0) is 52.4 Å². The van der Waals surface area contributed by atoms with Crippen molar-refractivity contribution in [2.24, 2.45) is 10.9 Å². The number of hydrogen-bond acceptors (Lipinski definition) is 4. The number of likely N-dealkylation sites (tertiary alicyclic amines) is 1. The lowest BCUT2D eigenvalue weighted by Gasteiger charge is -2.36. The molecule has 2 rings (SSSR count). The third kappa shape index (κ3) is 9.58. The van der Waals surface area contributed by atoms with Crippen LogP contribution in [-0.4, -0.2) is 67.4 Å². The van der Waals surface area contributed by atoms with E-state index in [4.69, 9.17) is 4.74 Å². The molecule has 8 heteroatoms. The number of piperidine rings is 1. The van der Waals surface area contributed by atoms with Crippen molar-refractivity contribution < 1.29 is 9.53 Å². The molecule has 2 aliphatic rings. The molecule has 0 spiro atoms. The fraction of sp³-hybridized carbons (Fsp3) is 0.909. The number of ether oxygens (including phenoxy) is 1. The third-order valence-electron chi connectivity index (χ3n) is 5.93. The molecule has 1 aliphatic carbocycles. The van der Waals surface area contributed by atoms with E-state index in [1.54, 1.807) is 7.05 Å². The van der Waals surface area contributed by atoms with Gasteiger partial charge in [-0.3, -0.25) is 4.99 Å². The molecule has 0 aromatic carbocycles. The first-order chi connectivity index (χ1) is 13.7. The number of nitrogens with one attached hydrogen (secondary N) is 3. The SMILES string of the molecule is CN=C(NCC(NC(=O)OC(C)(C)C)C(C)C)NC1CCN(C2CCCC2)CC1.I. The molecule has 0 radical (unpaired) electrons. The van der Waals surface area contributed by atoms with Gasteiger partial charge in [0.1, 0.15) is 5.60 Å². The maximum absolute atomic E-state index is 12.1. The molecule has 1 saturated heterocycles. The molecule has 0 aromatic rings. The van der Waals surface area contributed by atoms with Crippen LogP contribution in [0.4, 0.5) is 4.79 Å². The van der Waals surface area contributed by atoms with Gasteiger partial charge >= 0.3 is 6.09 Å². The Labute approximate surface area is 200 Å². The molecule has 2 fully saturated rings. The number of rotatable bonds is 6. The number of guanidine groups is 1. The van der Waals surface area contributed by atoms with E-state index < -0.39 is 5.60 Å². The number of nitrogens with zero attached hydrogens (tertiary/aromatic N) is 2. The smallest absolute Gasteiger partial charge is 0.407 e. The summed E-state index contributed by atoms with van der Waals surface area (Å²) in [6.07, 6.45) is 7.48. The fourth-order valence-electron chi connectivity index (χ4n) is 4.19. The van der Waals surface area contributed by atoms with Crippen molar-refractivity contribution in [1.29, 1.82) is 0 Å². The molecule has 1 atom stereocenters. The van der Waals surface area contributed by atoms with Crippen LogP contribution >= 0.6 is 24.0 Å². The van der Waals surface area contributed by atoms with Crippen LogP contribution in [-0.2, 0) is 4.74 Å². The summed E-state index contributed by atoms with van der Waals surface area (Å²) in [5.41, 5.74) is -0.496. The van der Waals surface area contributed by atoms with Gasteiger partial charge in [0.2, 0.25) is 0 Å². The fourth-order valence-corrected chi connectivity index (χ4v) is 4.19. The third-order valence-corrected chi connectivity index (χ3v) is 5.93. The van der Waals surface area contributed by atoms with Crippen LogP contribution < -0.4 is 16.0 Å². The van der Waals surface area contributed by atoms with Crippen molar-refractivity contribution in [1.82, 2.24) is 20.9 Å². The van der Waals surface area contributed by atoms with Gasteiger partial charge in [0.15, 0.2) is 5.96 Å². The maximum atomic E-state index is 12.1. The number of amides is 1. The first-order valence-corrected chi connectivity index (χ1v) is 11.4. The van der Waals surface area contributed by atoms with E-state index in [1.807, 2.05) is 20.8 Å². The minimum Gasteiger partial charge on any atom is -0.444 e. The Kier molecular flexibility index (Phi) is 11.8. The monoisotopic (exact) mass is 537 g/mol. The number of halogens is 1. The Morgan fingerprint density at radius 2 is 1.73 bits per heavy atom. The first kappa shape index (κ1) is 27.3. The molecule has 30 heavy (non-hydrogen) atoms. The van der Waals surface area contributed by atoms with Gasteiger partial charge in [-0.15, -0.1) is 24.0 Å². The summed E-state index contributed by atoms with van der Waals surface area (Å²) in [6, 6.07) is 1.24. The Hall–Kier alpha value is -0.770. The van der Waals surface area contributed by atoms with E-state index >= 15 is 0 Å². The summed E-state index contributed by atoms with van der Waals surface area (Å²) in [4.78, 5) is 19.2. The minimum atomic E-state index is -0.496. The van der Waals surface area contributed by atoms with Gasteiger partial charge in [-0.2, -0.15) is 0 Å². The number of aliphatic imine (C=N–C) groups is 1. The molecular weight excluding hydrogens is 493 g/mol. The van der Waals surface area contributed by atoms with E-state index in [9.17, 15) is 4.79 Å². The Morgan fingerprint density at radius 1 is 1.13 bits per heavy atom. The lowest BCUT2D eigenvalue weighted by molar-refractivity contribution is 0.0491. The molecule has 176 valence electrons. The van der Waals surface area contributed by atoms with Gasteiger partial charge in [-0.25, -0.2) is 4.79 Å². The number of hydrogen-bond donors (Lipinski definition) is 3. The van der Waals surface area contributed by atoms with Gasteiger partial charge in [0.05, 0.1) is 6.04 Å². The highest BCUT2D eigenvalue weighted by atomic mass is 127. The first-order valence-electron chi connectivity index (χ1n) is 11.4. The quantitative estimate of drug-likeness (QED) is 0.274. The van der Waals surface area contributed by atoms with Crippen LogP contribution in [0.3, 0.4) is 0 Å². The van der Waals surface area contributed by atoms with E-state index in [-0.39, 0.29) is 42.0 Å². The topological polar surface area (TPSA) is 78.0 Å². The standard InChI is InChI=1S/C22H43N5O2.HI/c1-16(2)19(26-21(28)29-22(3,4)5)15-24-20(23-6)25-17-11-13-27(14-12-17)18-9-7-8-10-18;/h16-19H,7-15H2,1-6H3,(H,26,28)(H2,23,24,25);1H. The second kappa shape index (κ2) is 12.9. The summed E-state index contributed by atoms with van der Waals surface area (Å²) < 4.78 is 5.40. The van der Waals surface area contributed by atoms with Crippen LogP contribution in [0.15, 0.2) is 4.99 Å². The molecule has 3 N–H and O–H groups in total. The molecule has 7 nitrogen and oxygen atoms in total. The Morgan fingerprint density at radius 3 is 2.23 bits per heavy atom. The van der Waals surface area contributed by atoms with Crippen LogP contribution in [0.5, 0.6) is 0 Å². The van der Waals surface area contributed by atoms with Crippen LogP contribution in [0.25, 0.3) is 0 Å². The number of alkyl carbamates (subject to hydrolysis) is 1. The largest absolute Gasteiger partial charge is 0.444 e. The highest BCUT2D eigenvalue weighted by molar-refractivity contribution is 14.0. The van der Waals surface area contributed by atoms with Gasteiger partial charge in [0.25, 0.3) is 0 Å². The Balaban J connectivity index is 0.00000450. The van der Waals surface area contributed by atoms with Crippen molar-refractivity contribution >= 4 is 36.0 Å². The number of carbonyl (C=O) groups excluding carboxylic acids is 1. The molecule has 1 heterocycles. The molecule has 0 aromatic heterocycles. The van der Waals surface area contributed by atoms with E-state index in [2.05, 4.69) is 39.7 Å². The minimum absolute atomic E-state index is 0. The average molecular weight is 538 g/mol. The predicted molar refractivity (Wildman–Crippen MR) is 135 cm³/mol. The van der Waals surface area contributed by atoms with Crippen molar-refractivity contribution in [2.75, 3.05) is 26.7 Å². The normalized spacial score (nSPS) is 20.6. The van der Waals surface area contributed by atoms with Gasteiger partial charge < -0.3 is 25.6 Å². The summed E-state index contributed by atoms with van der Waals surface area (Å²) in [5, 5.41) is 9.94. The van der Waals surface area contributed by atoms with Crippen LogP contribution in [0.2, 0.25) is 0 Å². The molecule has 1 aliphatic heterocycles. The molecule has 1 unspecified atom stereocenters. The van der Waals surface area contributed by atoms with Gasteiger partial charge in [-0.1, -0.05) is 26.7 Å². The van der Waals surface area contributed by atoms with E-state index in [0.717, 1.165) is 24.8 Å². The average Bonchev–Trinajstić information content (AvgIpc) is 3.17. The summed E-state index contributed by atoms with van der Waals surface area (Å²) in [6.45, 7) is 12.8. The summed E-state index contributed by atoms with van der Waals surface area (Å²) in [5.74, 6) is 1.09. The summed E-state index contributed by atoms with van der Waals surface area (Å²) in [7, 11) is 1.80. The maximum Gasteiger partial charge on any atom is 0.407 e. The molecule has 1 amide bonds. The zero-order valence-electron chi connectivity index (χ0n) is 19.8.